The van der Waals surface area contributed by atoms with Crippen molar-refractivity contribution in [2.24, 2.45) is 0 Å². The maximum Gasteiger partial charge on any atom is 0.251 e. The monoisotopic (exact) mass is 331 g/mol. The molecule has 1 atom stereocenters. The Bertz CT molecular complexity index is 759. The Morgan fingerprint density at radius 3 is 2.25 bits per heavy atom. The summed E-state index contributed by atoms with van der Waals surface area (Å²) in [6.45, 7) is 5.47. The van der Waals surface area contributed by atoms with Crippen LogP contribution in [0.15, 0.2) is 30.3 Å². The molecule has 1 unspecified atom stereocenters. The number of hydrogen-bond acceptors (Lipinski definition) is 3. The van der Waals surface area contributed by atoms with Crippen LogP contribution in [-0.4, -0.2) is 20.1 Å². The van der Waals surface area contributed by atoms with E-state index in [4.69, 9.17) is 9.47 Å². The van der Waals surface area contributed by atoms with E-state index in [9.17, 15) is 9.18 Å². The van der Waals surface area contributed by atoms with Gasteiger partial charge in [-0.25, -0.2) is 4.39 Å². The molecule has 0 saturated heterocycles. The molecule has 1 N–H and O–H groups in total. The van der Waals surface area contributed by atoms with Gasteiger partial charge >= 0.3 is 0 Å². The van der Waals surface area contributed by atoms with Crippen molar-refractivity contribution in [2.75, 3.05) is 14.2 Å². The number of nitrogens with one attached hydrogen (secondary N) is 1. The van der Waals surface area contributed by atoms with Crippen molar-refractivity contribution in [3.8, 4) is 11.5 Å². The van der Waals surface area contributed by atoms with Crippen LogP contribution in [0.3, 0.4) is 0 Å². The SMILES string of the molecule is COc1cc(C)c(C(C)NC(=O)c2ccc(C)c(F)c2)cc1OC. The second kappa shape index (κ2) is 7.34. The average Bonchev–Trinajstić information content (AvgIpc) is 2.56. The highest BCUT2D eigenvalue weighted by Crippen LogP contribution is 2.32. The summed E-state index contributed by atoms with van der Waals surface area (Å²) >= 11 is 0. The molecular formula is C19H22FNO3. The Morgan fingerprint density at radius 1 is 1.04 bits per heavy atom. The van der Waals surface area contributed by atoms with Gasteiger partial charge in [-0.1, -0.05) is 6.07 Å². The molecule has 0 bridgehead atoms. The minimum atomic E-state index is -0.391. The number of benzene rings is 2. The molecule has 2 rings (SSSR count). The number of halogens is 1. The van der Waals surface area contributed by atoms with Gasteiger partial charge in [0.2, 0.25) is 0 Å². The Balaban J connectivity index is 2.24. The lowest BCUT2D eigenvalue weighted by Crippen LogP contribution is -2.27. The normalized spacial score (nSPS) is 11.8. The Kier molecular flexibility index (Phi) is 5.44. The van der Waals surface area contributed by atoms with Crippen LogP contribution in [0, 0.1) is 19.7 Å². The Labute approximate surface area is 141 Å². The minimum Gasteiger partial charge on any atom is -0.493 e. The van der Waals surface area contributed by atoms with Gasteiger partial charge < -0.3 is 14.8 Å². The highest BCUT2D eigenvalue weighted by molar-refractivity contribution is 5.94. The molecule has 0 aromatic heterocycles. The van der Waals surface area contributed by atoms with Crippen molar-refractivity contribution in [1.82, 2.24) is 5.32 Å². The third-order valence-corrected chi connectivity index (χ3v) is 4.02. The third kappa shape index (κ3) is 3.67. The zero-order chi connectivity index (χ0) is 17.9. The minimum absolute atomic E-state index is 0.262. The van der Waals surface area contributed by atoms with Crippen molar-refractivity contribution in [3.63, 3.8) is 0 Å². The molecule has 0 spiro atoms. The lowest BCUT2D eigenvalue weighted by atomic mass is 10.0. The van der Waals surface area contributed by atoms with Gasteiger partial charge in [0, 0.05) is 5.56 Å². The zero-order valence-corrected chi connectivity index (χ0v) is 14.6. The fourth-order valence-corrected chi connectivity index (χ4v) is 2.55. The molecule has 2 aromatic rings. The Hall–Kier alpha value is -2.56. The van der Waals surface area contributed by atoms with E-state index in [1.165, 1.54) is 6.07 Å². The second-order valence-corrected chi connectivity index (χ2v) is 5.72. The number of methoxy groups -OCH3 is 2. The van der Waals surface area contributed by atoms with Gasteiger partial charge in [-0.05, 0) is 61.7 Å². The van der Waals surface area contributed by atoms with Gasteiger partial charge in [-0.2, -0.15) is 0 Å². The number of aryl methyl sites for hydroxylation is 2. The molecular weight excluding hydrogens is 309 g/mol. The molecule has 24 heavy (non-hydrogen) atoms. The van der Waals surface area contributed by atoms with Gasteiger partial charge in [0.1, 0.15) is 5.82 Å². The van der Waals surface area contributed by atoms with Crippen molar-refractivity contribution >= 4 is 5.91 Å². The summed E-state index contributed by atoms with van der Waals surface area (Å²) in [4.78, 5) is 12.3. The average molecular weight is 331 g/mol. The molecule has 0 aliphatic carbocycles. The summed E-state index contributed by atoms with van der Waals surface area (Å²) in [6, 6.07) is 7.90. The van der Waals surface area contributed by atoms with Crippen LogP contribution in [-0.2, 0) is 0 Å². The summed E-state index contributed by atoms with van der Waals surface area (Å²) in [5, 5.41) is 2.89. The summed E-state index contributed by atoms with van der Waals surface area (Å²) in [5.74, 6) is 0.520. The fourth-order valence-electron chi connectivity index (χ4n) is 2.55. The van der Waals surface area contributed by atoms with Gasteiger partial charge in [0.15, 0.2) is 11.5 Å². The lowest BCUT2D eigenvalue weighted by Gasteiger charge is -2.19. The molecule has 0 saturated carbocycles. The highest BCUT2D eigenvalue weighted by Gasteiger charge is 2.17. The summed E-state index contributed by atoms with van der Waals surface area (Å²) in [6.07, 6.45) is 0. The van der Waals surface area contributed by atoms with E-state index in [0.29, 0.717) is 22.6 Å². The van der Waals surface area contributed by atoms with Crippen LogP contribution in [0.4, 0.5) is 4.39 Å². The number of amides is 1. The van der Waals surface area contributed by atoms with Gasteiger partial charge in [-0.15, -0.1) is 0 Å². The Morgan fingerprint density at radius 2 is 1.67 bits per heavy atom. The van der Waals surface area contributed by atoms with E-state index in [1.807, 2.05) is 26.0 Å². The van der Waals surface area contributed by atoms with E-state index in [0.717, 1.165) is 11.1 Å². The van der Waals surface area contributed by atoms with Crippen molar-refractivity contribution in [3.05, 3.63) is 58.4 Å². The summed E-state index contributed by atoms with van der Waals surface area (Å²) in [5.41, 5.74) is 2.68. The van der Waals surface area contributed by atoms with E-state index in [1.54, 1.807) is 33.3 Å². The molecule has 1 amide bonds. The largest absolute Gasteiger partial charge is 0.493 e. The van der Waals surface area contributed by atoms with Crippen LogP contribution < -0.4 is 14.8 Å². The molecule has 5 heteroatoms. The molecule has 0 aliphatic heterocycles. The quantitative estimate of drug-likeness (QED) is 0.902. The highest BCUT2D eigenvalue weighted by atomic mass is 19.1. The van der Waals surface area contributed by atoms with Crippen molar-refractivity contribution in [2.45, 2.75) is 26.8 Å². The maximum absolute atomic E-state index is 13.6. The van der Waals surface area contributed by atoms with Gasteiger partial charge in [0.25, 0.3) is 5.91 Å². The fraction of sp³-hybridized carbons (Fsp3) is 0.316. The first-order valence-electron chi connectivity index (χ1n) is 7.67. The van der Waals surface area contributed by atoms with E-state index in [2.05, 4.69) is 5.32 Å². The summed E-state index contributed by atoms with van der Waals surface area (Å²) < 4.78 is 24.2. The van der Waals surface area contributed by atoms with E-state index in [-0.39, 0.29) is 11.9 Å². The maximum atomic E-state index is 13.6. The van der Waals surface area contributed by atoms with Crippen molar-refractivity contribution in [1.29, 1.82) is 0 Å². The molecule has 0 aliphatic rings. The van der Waals surface area contributed by atoms with Crippen LogP contribution in [0.2, 0.25) is 0 Å². The molecule has 0 fully saturated rings. The smallest absolute Gasteiger partial charge is 0.251 e. The van der Waals surface area contributed by atoms with Crippen LogP contribution in [0.25, 0.3) is 0 Å². The molecule has 0 radical (unpaired) electrons. The number of carbonyl (C=O) groups excluding carboxylic acids is 1. The molecule has 4 nitrogen and oxygen atoms in total. The number of carbonyl (C=O) groups is 1. The molecule has 0 heterocycles. The van der Waals surface area contributed by atoms with E-state index < -0.39 is 5.82 Å². The van der Waals surface area contributed by atoms with Crippen molar-refractivity contribution < 1.29 is 18.7 Å². The molecule has 2 aromatic carbocycles. The second-order valence-electron chi connectivity index (χ2n) is 5.72. The van der Waals surface area contributed by atoms with Crippen LogP contribution >= 0.6 is 0 Å². The first-order chi connectivity index (χ1) is 11.4. The topological polar surface area (TPSA) is 47.6 Å². The lowest BCUT2D eigenvalue weighted by molar-refractivity contribution is 0.0939. The molecule has 128 valence electrons. The predicted molar refractivity (Wildman–Crippen MR) is 91.3 cm³/mol. The predicted octanol–water partition coefficient (Wildman–Crippen LogP) is 3.95. The standard InChI is InChI=1S/C19H22FNO3/c1-11-6-7-14(9-16(11)20)19(22)21-13(3)15-10-18(24-5)17(23-4)8-12(15)2/h6-10,13H,1-5H3,(H,21,22). The first-order valence-corrected chi connectivity index (χ1v) is 7.67. The zero-order valence-electron chi connectivity index (χ0n) is 14.6. The third-order valence-electron chi connectivity index (χ3n) is 4.02. The first kappa shape index (κ1) is 17.8. The summed E-state index contributed by atoms with van der Waals surface area (Å²) in [7, 11) is 3.14. The van der Waals surface area contributed by atoms with E-state index >= 15 is 0 Å². The number of hydrogen-bond donors (Lipinski definition) is 1. The number of rotatable bonds is 5. The number of ether oxygens (including phenoxy) is 2. The van der Waals surface area contributed by atoms with Crippen LogP contribution in [0.5, 0.6) is 11.5 Å². The van der Waals surface area contributed by atoms with Gasteiger partial charge in [-0.3, -0.25) is 4.79 Å². The van der Waals surface area contributed by atoms with Crippen LogP contribution in [0.1, 0.15) is 40.0 Å². The van der Waals surface area contributed by atoms with Gasteiger partial charge in [0.05, 0.1) is 20.3 Å².